The number of hydrogen-bond acceptors (Lipinski definition) is 2. The summed E-state index contributed by atoms with van der Waals surface area (Å²) in [5.41, 5.74) is 5.05. The average molecular weight is 364 g/mol. The summed E-state index contributed by atoms with van der Waals surface area (Å²) in [6.07, 6.45) is 7.15. The number of fused-ring (bicyclic) bond motifs is 3. The third-order valence-electron chi connectivity index (χ3n) is 4.89. The van der Waals surface area contributed by atoms with Crippen LogP contribution >= 0.6 is 0 Å². The van der Waals surface area contributed by atoms with Crippen LogP contribution in [0.1, 0.15) is 31.5 Å². The summed E-state index contributed by atoms with van der Waals surface area (Å²) in [5, 5.41) is 1.22. The van der Waals surface area contributed by atoms with Gasteiger partial charge in [-0.2, -0.15) is 0 Å². The summed E-state index contributed by atoms with van der Waals surface area (Å²) in [6.45, 7) is 11.6. The predicted octanol–water partition coefficient (Wildman–Crippen LogP) is 4.97. The van der Waals surface area contributed by atoms with Crippen LogP contribution in [0.3, 0.4) is 0 Å². The molecule has 27 heavy (non-hydrogen) atoms. The van der Waals surface area contributed by atoms with Gasteiger partial charge in [0, 0.05) is 47.7 Å². The van der Waals surface area contributed by atoms with Crippen molar-refractivity contribution in [1.82, 2.24) is 9.47 Å². The summed E-state index contributed by atoms with van der Waals surface area (Å²) < 4.78 is 7.58. The minimum absolute atomic E-state index is 0.229. The number of amides is 1. The van der Waals surface area contributed by atoms with Crippen LogP contribution in [0.5, 0.6) is 0 Å². The maximum Gasteiger partial charge on any atom is 0.410 e. The molecule has 2 heterocycles. The van der Waals surface area contributed by atoms with Crippen molar-refractivity contribution in [3.8, 4) is 6.57 Å². The minimum Gasteiger partial charge on any atom is -0.450 e. The lowest BCUT2D eigenvalue weighted by atomic mass is 10.0. The summed E-state index contributed by atoms with van der Waals surface area (Å²) >= 11 is 0. The first-order chi connectivity index (χ1) is 13.2. The van der Waals surface area contributed by atoms with Crippen molar-refractivity contribution in [3.63, 3.8) is 0 Å². The summed E-state index contributed by atoms with van der Waals surface area (Å²) in [5.74, 6) is 0. The summed E-state index contributed by atoms with van der Waals surface area (Å²) in [6, 6.07) is 8.42. The Labute approximate surface area is 160 Å². The Hall–Kier alpha value is -3.00. The lowest BCUT2D eigenvalue weighted by molar-refractivity contribution is 0.102. The van der Waals surface area contributed by atoms with Crippen LogP contribution < -0.4 is 0 Å². The van der Waals surface area contributed by atoms with E-state index in [1.807, 2.05) is 13.0 Å². The Balaban J connectivity index is 1.91. The molecule has 0 fully saturated rings. The van der Waals surface area contributed by atoms with E-state index in [9.17, 15) is 4.79 Å². The molecule has 0 unspecified atom stereocenters. The van der Waals surface area contributed by atoms with Gasteiger partial charge >= 0.3 is 12.3 Å². The number of benzene rings is 1. The van der Waals surface area contributed by atoms with E-state index in [2.05, 4.69) is 46.7 Å². The highest BCUT2D eigenvalue weighted by Gasteiger charge is 2.27. The normalized spacial score (nSPS) is 14.4. The van der Waals surface area contributed by atoms with Gasteiger partial charge < -0.3 is 14.2 Å². The first kappa shape index (κ1) is 18.8. The molecule has 140 valence electrons. The number of nitrogens with zero attached hydrogens (tertiary/aromatic N) is 3. The molecule has 3 rings (SSSR count). The molecule has 0 saturated carbocycles. The molecule has 0 aliphatic carbocycles. The standard InChI is InChI=1S/C22H26N3O2/c1-4-27-22(26)24-14-12-21-19(16-24)18-10-5-6-11-20(18)25(21)15-17(2)9-7-8-13-23-3/h3,5-6,8-11,13H,4,7,12,14-16H2,1-2H3/q+1/b13-8-,17-9+. The van der Waals surface area contributed by atoms with Gasteiger partial charge in [-0.3, -0.25) is 0 Å². The summed E-state index contributed by atoms with van der Waals surface area (Å²) in [4.78, 5) is 17.4. The Bertz CT molecular complexity index is 931. The smallest absolute Gasteiger partial charge is 0.410 e. The zero-order chi connectivity index (χ0) is 19.2. The molecule has 1 amide bonds. The topological polar surface area (TPSA) is 38.8 Å². The number of hydrogen-bond donors (Lipinski definition) is 0. The molecule has 0 atom stereocenters. The average Bonchev–Trinajstić information content (AvgIpc) is 2.99. The molecular formula is C22H26N3O2+. The van der Waals surface area contributed by atoms with Crippen molar-refractivity contribution in [2.24, 2.45) is 0 Å². The molecule has 0 saturated heterocycles. The van der Waals surface area contributed by atoms with E-state index in [0.29, 0.717) is 19.7 Å². The maximum absolute atomic E-state index is 12.2. The molecule has 0 spiro atoms. The van der Waals surface area contributed by atoms with E-state index in [1.54, 1.807) is 11.1 Å². The zero-order valence-electron chi connectivity index (χ0n) is 16.0. The minimum atomic E-state index is -0.229. The van der Waals surface area contributed by atoms with Gasteiger partial charge in [0.2, 0.25) is 0 Å². The lowest BCUT2D eigenvalue weighted by Crippen LogP contribution is -2.36. The Kier molecular flexibility index (Phi) is 5.97. The highest BCUT2D eigenvalue weighted by Crippen LogP contribution is 2.31. The summed E-state index contributed by atoms with van der Waals surface area (Å²) in [7, 11) is 0. The largest absolute Gasteiger partial charge is 0.450 e. The van der Waals surface area contributed by atoms with Gasteiger partial charge in [-0.25, -0.2) is 4.79 Å². The van der Waals surface area contributed by atoms with E-state index in [4.69, 9.17) is 11.3 Å². The van der Waals surface area contributed by atoms with Gasteiger partial charge in [0.1, 0.15) is 0 Å². The second kappa shape index (κ2) is 8.59. The van der Waals surface area contributed by atoms with Crippen molar-refractivity contribution in [2.45, 2.75) is 39.8 Å². The van der Waals surface area contributed by atoms with E-state index >= 15 is 0 Å². The maximum atomic E-state index is 12.2. The fraction of sp³-hybridized carbons (Fsp3) is 0.364. The van der Waals surface area contributed by atoms with E-state index < -0.39 is 0 Å². The molecular weight excluding hydrogens is 338 g/mol. The van der Waals surface area contributed by atoms with Crippen LogP contribution in [0.4, 0.5) is 4.79 Å². The monoisotopic (exact) mass is 364 g/mol. The highest BCUT2D eigenvalue weighted by molar-refractivity contribution is 5.86. The third kappa shape index (κ3) is 4.06. The van der Waals surface area contributed by atoms with E-state index in [1.165, 1.54) is 27.7 Å². The molecule has 0 radical (unpaired) electrons. The first-order valence-electron chi connectivity index (χ1n) is 9.37. The van der Waals surface area contributed by atoms with Gasteiger partial charge in [0.15, 0.2) is 0 Å². The van der Waals surface area contributed by atoms with Crippen LogP contribution in [0, 0.1) is 6.57 Å². The van der Waals surface area contributed by atoms with E-state index in [-0.39, 0.29) is 6.09 Å². The van der Waals surface area contributed by atoms with Gasteiger partial charge in [0.25, 0.3) is 6.57 Å². The second-order valence-corrected chi connectivity index (χ2v) is 6.72. The predicted molar refractivity (Wildman–Crippen MR) is 109 cm³/mol. The molecule has 0 bridgehead atoms. The quantitative estimate of drug-likeness (QED) is 0.703. The van der Waals surface area contributed by atoms with Crippen LogP contribution in [-0.4, -0.2) is 28.7 Å². The molecule has 1 aliphatic heterocycles. The Morgan fingerprint density at radius 1 is 1.37 bits per heavy atom. The van der Waals surface area contributed by atoms with Gasteiger partial charge in [0.05, 0.1) is 13.2 Å². The Morgan fingerprint density at radius 3 is 2.96 bits per heavy atom. The number of ether oxygens (including phenoxy) is 1. The molecule has 1 aromatic carbocycles. The molecule has 2 aromatic rings. The van der Waals surface area contributed by atoms with Crippen LogP contribution in [-0.2, 0) is 24.2 Å². The van der Waals surface area contributed by atoms with Crippen molar-refractivity contribution in [2.75, 3.05) is 13.2 Å². The number of aromatic nitrogens is 1. The number of allylic oxidation sites excluding steroid dienone is 3. The molecule has 0 N–H and O–H groups in total. The van der Waals surface area contributed by atoms with Crippen LogP contribution in [0.15, 0.2) is 48.2 Å². The van der Waals surface area contributed by atoms with Gasteiger partial charge in [-0.15, -0.1) is 0 Å². The molecule has 5 nitrogen and oxygen atoms in total. The van der Waals surface area contributed by atoms with Crippen LogP contribution in [0.2, 0.25) is 0 Å². The highest BCUT2D eigenvalue weighted by atomic mass is 16.6. The van der Waals surface area contributed by atoms with Crippen molar-refractivity contribution < 1.29 is 9.53 Å². The van der Waals surface area contributed by atoms with Gasteiger partial charge in [-0.05, 0) is 31.2 Å². The first-order valence-corrected chi connectivity index (χ1v) is 9.37. The fourth-order valence-electron chi connectivity index (χ4n) is 3.66. The van der Waals surface area contributed by atoms with Crippen LogP contribution in [0.25, 0.3) is 15.7 Å². The number of carbonyl (C=O) groups is 1. The van der Waals surface area contributed by atoms with Crippen molar-refractivity contribution in [3.05, 3.63) is 64.3 Å². The second-order valence-electron chi connectivity index (χ2n) is 6.72. The SMILES string of the molecule is C#[N+]/C=C\C/C=C(\C)Cn1c2c(c3ccccc31)CN(C(=O)OCC)CC2. The van der Waals surface area contributed by atoms with Crippen molar-refractivity contribution >= 4 is 17.0 Å². The van der Waals surface area contributed by atoms with Crippen molar-refractivity contribution in [1.29, 1.82) is 0 Å². The zero-order valence-corrected chi connectivity index (χ0v) is 16.0. The lowest BCUT2D eigenvalue weighted by Gasteiger charge is -2.27. The Morgan fingerprint density at radius 2 is 2.19 bits per heavy atom. The molecule has 1 aliphatic rings. The number of rotatable bonds is 5. The fourth-order valence-corrected chi connectivity index (χ4v) is 3.66. The number of para-hydroxylation sites is 1. The molecule has 5 heteroatoms. The number of carbonyl (C=O) groups excluding carboxylic acids is 1. The molecule has 1 aromatic heterocycles. The van der Waals surface area contributed by atoms with Gasteiger partial charge in [-0.1, -0.05) is 29.8 Å². The van der Waals surface area contributed by atoms with E-state index in [0.717, 1.165) is 19.4 Å². The third-order valence-corrected chi connectivity index (χ3v) is 4.89.